The van der Waals surface area contributed by atoms with Crippen LogP contribution in [0.25, 0.3) is 0 Å². The van der Waals surface area contributed by atoms with Gasteiger partial charge < -0.3 is 10.2 Å². The molecule has 0 unspecified atom stereocenters. The Morgan fingerprint density at radius 3 is 2.04 bits per heavy atom. The summed E-state index contributed by atoms with van der Waals surface area (Å²) in [4.78, 5) is 29.1. The molecule has 0 radical (unpaired) electrons. The highest BCUT2D eigenvalue weighted by atomic mass is 35.5. The fourth-order valence-corrected chi connectivity index (χ4v) is 6.80. The molecule has 0 spiro atoms. The van der Waals surface area contributed by atoms with Gasteiger partial charge in [-0.25, -0.2) is 8.42 Å². The van der Waals surface area contributed by atoms with Crippen molar-refractivity contribution in [2.24, 2.45) is 0 Å². The largest absolute Gasteiger partial charge is 0.416 e. The topological polar surface area (TPSA) is 86.8 Å². The van der Waals surface area contributed by atoms with Crippen LogP contribution in [0.2, 0.25) is 10.0 Å². The molecular formula is C34H32Cl2F3N3O4S. The smallest absolute Gasteiger partial charge is 0.354 e. The summed E-state index contributed by atoms with van der Waals surface area (Å²) >= 11 is 13.0. The Labute approximate surface area is 282 Å². The van der Waals surface area contributed by atoms with Crippen LogP contribution in [0.15, 0.2) is 108 Å². The molecule has 0 saturated carbocycles. The van der Waals surface area contributed by atoms with Gasteiger partial charge in [0.25, 0.3) is 10.0 Å². The van der Waals surface area contributed by atoms with Gasteiger partial charge in [0.1, 0.15) is 12.6 Å². The van der Waals surface area contributed by atoms with E-state index in [0.717, 1.165) is 12.1 Å². The number of nitrogens with zero attached hydrogens (tertiary/aromatic N) is 2. The lowest BCUT2D eigenvalue weighted by Gasteiger charge is -2.34. The lowest BCUT2D eigenvalue weighted by atomic mass is 10.0. The van der Waals surface area contributed by atoms with Gasteiger partial charge in [-0.3, -0.25) is 13.9 Å². The zero-order chi connectivity index (χ0) is 34.2. The number of rotatable bonds is 13. The Balaban J connectivity index is 1.86. The molecule has 0 bridgehead atoms. The van der Waals surface area contributed by atoms with E-state index in [0.29, 0.717) is 34.5 Å². The molecule has 0 saturated heterocycles. The Morgan fingerprint density at radius 2 is 1.45 bits per heavy atom. The summed E-state index contributed by atoms with van der Waals surface area (Å²) in [7, 11) is -4.59. The molecule has 2 amide bonds. The van der Waals surface area contributed by atoms with E-state index in [1.54, 1.807) is 54.6 Å². The van der Waals surface area contributed by atoms with Crippen molar-refractivity contribution in [3.8, 4) is 0 Å². The van der Waals surface area contributed by atoms with E-state index in [9.17, 15) is 31.2 Å². The van der Waals surface area contributed by atoms with Gasteiger partial charge in [0.2, 0.25) is 11.8 Å². The predicted molar refractivity (Wildman–Crippen MR) is 177 cm³/mol. The molecule has 0 aliphatic heterocycles. The van der Waals surface area contributed by atoms with Gasteiger partial charge in [0, 0.05) is 35.1 Å². The van der Waals surface area contributed by atoms with Crippen molar-refractivity contribution in [2.45, 2.75) is 43.4 Å². The van der Waals surface area contributed by atoms with Crippen LogP contribution in [-0.2, 0) is 38.8 Å². The standard InChI is InChI=1S/C34H32Cl2F3N3O4S/c1-2-19-40-33(44)31(20-24-11-5-3-6-12-24)41(22-28-29(35)17-10-18-30(28)36)32(43)23-42(47(45,46)27-15-7-4-8-16-27)26-14-9-13-25(21-26)34(37,38)39/h3-18,21,31H,2,19-20,22-23H2,1H3,(H,40,44)/t31-/m1/s1. The van der Waals surface area contributed by atoms with Crippen LogP contribution < -0.4 is 9.62 Å². The number of alkyl halides is 3. The van der Waals surface area contributed by atoms with E-state index >= 15 is 0 Å². The number of carbonyl (C=O) groups is 2. The zero-order valence-corrected chi connectivity index (χ0v) is 27.6. The van der Waals surface area contributed by atoms with Gasteiger partial charge in [-0.05, 0) is 54.4 Å². The van der Waals surface area contributed by atoms with Crippen molar-refractivity contribution in [1.82, 2.24) is 10.2 Å². The molecule has 0 aromatic heterocycles. The monoisotopic (exact) mass is 705 g/mol. The molecule has 4 rings (SSSR count). The van der Waals surface area contributed by atoms with Crippen molar-refractivity contribution in [2.75, 3.05) is 17.4 Å². The minimum Gasteiger partial charge on any atom is -0.354 e. The third kappa shape index (κ3) is 9.06. The summed E-state index contributed by atoms with van der Waals surface area (Å²) in [6.07, 6.45) is -4.14. The molecule has 47 heavy (non-hydrogen) atoms. The first kappa shape index (κ1) is 35.8. The molecule has 248 valence electrons. The number of benzene rings is 4. The van der Waals surface area contributed by atoms with Crippen LogP contribution in [0.1, 0.15) is 30.0 Å². The summed E-state index contributed by atoms with van der Waals surface area (Å²) in [5, 5.41) is 3.22. The Kier molecular flexibility index (Phi) is 11.9. The Hall–Kier alpha value is -4.06. The fourth-order valence-electron chi connectivity index (χ4n) is 4.86. The number of amides is 2. The number of nitrogens with one attached hydrogen (secondary N) is 1. The molecule has 4 aromatic rings. The predicted octanol–water partition coefficient (Wildman–Crippen LogP) is 7.37. The summed E-state index contributed by atoms with van der Waals surface area (Å²) in [5.41, 5.74) is -0.472. The number of halogens is 5. The first-order valence-corrected chi connectivity index (χ1v) is 16.8. The van der Waals surface area contributed by atoms with Crippen LogP contribution in [0.3, 0.4) is 0 Å². The highest BCUT2D eigenvalue weighted by molar-refractivity contribution is 7.92. The minimum absolute atomic E-state index is 0.0409. The van der Waals surface area contributed by atoms with Gasteiger partial charge in [0.05, 0.1) is 16.1 Å². The molecule has 1 N–H and O–H groups in total. The molecule has 0 heterocycles. The lowest BCUT2D eigenvalue weighted by Crippen LogP contribution is -2.53. The Morgan fingerprint density at radius 1 is 0.851 bits per heavy atom. The molecule has 7 nitrogen and oxygen atoms in total. The SMILES string of the molecule is CCCNC(=O)[C@@H](Cc1ccccc1)N(Cc1c(Cl)cccc1Cl)C(=O)CN(c1cccc(C(F)(F)F)c1)S(=O)(=O)c1ccccc1. The number of hydrogen-bond donors (Lipinski definition) is 1. The minimum atomic E-state index is -4.78. The van der Waals surface area contributed by atoms with Crippen molar-refractivity contribution < 1.29 is 31.2 Å². The summed E-state index contributed by atoms with van der Waals surface area (Å²) < 4.78 is 69.9. The molecule has 0 aliphatic rings. The van der Waals surface area contributed by atoms with Crippen molar-refractivity contribution in [3.63, 3.8) is 0 Å². The maximum Gasteiger partial charge on any atom is 0.416 e. The van der Waals surface area contributed by atoms with Crippen LogP contribution >= 0.6 is 23.2 Å². The van der Waals surface area contributed by atoms with Gasteiger partial charge >= 0.3 is 6.18 Å². The zero-order valence-electron chi connectivity index (χ0n) is 25.3. The number of anilines is 1. The van der Waals surface area contributed by atoms with Crippen LogP contribution in [0, 0.1) is 0 Å². The molecule has 13 heteroatoms. The van der Waals surface area contributed by atoms with Gasteiger partial charge in [-0.2, -0.15) is 13.2 Å². The van der Waals surface area contributed by atoms with Gasteiger partial charge in [0.15, 0.2) is 0 Å². The second kappa shape index (κ2) is 15.7. The van der Waals surface area contributed by atoms with E-state index < -0.39 is 46.2 Å². The van der Waals surface area contributed by atoms with E-state index in [1.165, 1.54) is 35.2 Å². The fraction of sp³-hybridized carbons (Fsp3) is 0.235. The third-order valence-corrected chi connectivity index (χ3v) is 9.78. The maximum atomic E-state index is 14.5. The van der Waals surface area contributed by atoms with E-state index in [2.05, 4.69) is 5.32 Å². The normalized spacial score (nSPS) is 12.3. The second-order valence-electron chi connectivity index (χ2n) is 10.6. The van der Waals surface area contributed by atoms with E-state index in [1.807, 2.05) is 6.92 Å². The molecule has 4 aromatic carbocycles. The van der Waals surface area contributed by atoms with E-state index in [-0.39, 0.29) is 33.6 Å². The highest BCUT2D eigenvalue weighted by Gasteiger charge is 2.36. The lowest BCUT2D eigenvalue weighted by molar-refractivity contribution is -0.140. The van der Waals surface area contributed by atoms with Crippen molar-refractivity contribution in [3.05, 3.63) is 130 Å². The van der Waals surface area contributed by atoms with E-state index in [4.69, 9.17) is 23.2 Å². The number of carbonyl (C=O) groups excluding carboxylic acids is 2. The third-order valence-electron chi connectivity index (χ3n) is 7.28. The summed E-state index contributed by atoms with van der Waals surface area (Å²) in [5.74, 6) is -1.38. The van der Waals surface area contributed by atoms with Crippen molar-refractivity contribution in [1.29, 1.82) is 0 Å². The van der Waals surface area contributed by atoms with Gasteiger partial charge in [-0.1, -0.05) is 90.8 Å². The molecular weight excluding hydrogens is 674 g/mol. The first-order valence-electron chi connectivity index (χ1n) is 14.6. The van der Waals surface area contributed by atoms with Crippen molar-refractivity contribution >= 4 is 50.7 Å². The maximum absolute atomic E-state index is 14.5. The average Bonchev–Trinajstić information content (AvgIpc) is 3.05. The summed E-state index contributed by atoms with van der Waals surface area (Å²) in [6.45, 7) is 0.932. The highest BCUT2D eigenvalue weighted by Crippen LogP contribution is 2.34. The average molecular weight is 707 g/mol. The Bertz CT molecular complexity index is 1770. The molecule has 0 fully saturated rings. The van der Waals surface area contributed by atoms with Gasteiger partial charge in [-0.15, -0.1) is 0 Å². The molecule has 1 atom stereocenters. The van der Waals surface area contributed by atoms with Crippen LogP contribution in [0.5, 0.6) is 0 Å². The molecule has 0 aliphatic carbocycles. The number of sulfonamides is 1. The number of hydrogen-bond acceptors (Lipinski definition) is 4. The summed E-state index contributed by atoms with van der Waals surface area (Å²) in [6, 6.07) is 23.2. The first-order chi connectivity index (χ1) is 22.3. The second-order valence-corrected chi connectivity index (χ2v) is 13.3. The quantitative estimate of drug-likeness (QED) is 0.157. The van der Waals surface area contributed by atoms with Crippen LogP contribution in [0.4, 0.5) is 18.9 Å². The van der Waals surface area contributed by atoms with Crippen LogP contribution in [-0.4, -0.2) is 44.3 Å².